The number of halogens is 2. The molecule has 1 N–H and O–H groups in total. The first-order valence-corrected chi connectivity index (χ1v) is 6.95. The van der Waals surface area contributed by atoms with Crippen molar-refractivity contribution in [3.05, 3.63) is 40.1 Å². The Hall–Kier alpha value is -0.970. The highest BCUT2D eigenvalue weighted by molar-refractivity contribution is 7.13. The average Bonchev–Trinajstić information content (AvgIpc) is 2.75. The van der Waals surface area contributed by atoms with Crippen molar-refractivity contribution in [1.82, 2.24) is 10.3 Å². The molecule has 0 amide bonds. The quantitative estimate of drug-likeness (QED) is 0.914. The van der Waals surface area contributed by atoms with E-state index in [-0.39, 0.29) is 5.82 Å². The summed E-state index contributed by atoms with van der Waals surface area (Å²) in [6, 6.07) is 4.79. The Morgan fingerprint density at radius 1 is 1.44 bits per heavy atom. The number of hydrogen-bond acceptors (Lipinski definition) is 3. The first-order valence-electron chi connectivity index (χ1n) is 5.69. The molecule has 0 radical (unpaired) electrons. The van der Waals surface area contributed by atoms with E-state index in [9.17, 15) is 4.39 Å². The van der Waals surface area contributed by atoms with E-state index in [1.807, 2.05) is 5.38 Å². The van der Waals surface area contributed by atoms with Gasteiger partial charge in [0.1, 0.15) is 10.8 Å². The van der Waals surface area contributed by atoms with Gasteiger partial charge in [0.2, 0.25) is 0 Å². The maximum Gasteiger partial charge on any atom is 0.125 e. The Morgan fingerprint density at radius 2 is 2.22 bits per heavy atom. The normalized spacial score (nSPS) is 11.2. The lowest BCUT2D eigenvalue weighted by molar-refractivity contribution is 0.583. The van der Waals surface area contributed by atoms with Crippen LogP contribution in [0.2, 0.25) is 5.02 Å². The van der Waals surface area contributed by atoms with Gasteiger partial charge in [-0.15, -0.1) is 11.3 Å². The zero-order valence-electron chi connectivity index (χ0n) is 10.2. The molecular weight excluding hydrogens is 271 g/mol. The van der Waals surface area contributed by atoms with Gasteiger partial charge in [-0.05, 0) is 18.2 Å². The molecule has 0 aliphatic heterocycles. The van der Waals surface area contributed by atoms with Crippen molar-refractivity contribution in [3.8, 4) is 10.6 Å². The molecule has 0 spiro atoms. The third kappa shape index (κ3) is 3.28. The molecule has 5 heteroatoms. The molecule has 2 nitrogen and oxygen atoms in total. The average molecular weight is 285 g/mol. The Kier molecular flexibility index (Phi) is 4.32. The molecule has 2 aromatic rings. The molecule has 0 fully saturated rings. The van der Waals surface area contributed by atoms with Gasteiger partial charge >= 0.3 is 0 Å². The molecule has 0 saturated heterocycles. The highest BCUT2D eigenvalue weighted by Gasteiger charge is 2.09. The second kappa shape index (κ2) is 5.78. The zero-order valence-corrected chi connectivity index (χ0v) is 11.8. The lowest BCUT2D eigenvalue weighted by Gasteiger charge is -2.05. The van der Waals surface area contributed by atoms with Gasteiger partial charge in [0.05, 0.1) is 10.7 Å². The smallest absolute Gasteiger partial charge is 0.125 e. The van der Waals surface area contributed by atoms with Crippen LogP contribution in [-0.2, 0) is 6.54 Å². The maximum absolute atomic E-state index is 13.0. The van der Waals surface area contributed by atoms with Gasteiger partial charge in [0.25, 0.3) is 0 Å². The summed E-state index contributed by atoms with van der Waals surface area (Å²) in [7, 11) is 0. The molecule has 0 aliphatic carbocycles. The third-order valence-electron chi connectivity index (χ3n) is 2.40. The Labute approximate surface area is 115 Å². The van der Waals surface area contributed by atoms with Crippen molar-refractivity contribution < 1.29 is 4.39 Å². The molecule has 1 heterocycles. The predicted octanol–water partition coefficient (Wildman–Crippen LogP) is 4.10. The molecule has 0 aliphatic rings. The number of rotatable bonds is 4. The summed E-state index contributed by atoms with van der Waals surface area (Å²) < 4.78 is 13.0. The first-order chi connectivity index (χ1) is 8.56. The predicted molar refractivity (Wildman–Crippen MR) is 74.5 cm³/mol. The van der Waals surface area contributed by atoms with E-state index < -0.39 is 0 Å². The lowest BCUT2D eigenvalue weighted by atomic mass is 10.2. The number of thiazole rings is 1. The largest absolute Gasteiger partial charge is 0.309 e. The summed E-state index contributed by atoms with van der Waals surface area (Å²) in [6.07, 6.45) is 0. The summed E-state index contributed by atoms with van der Waals surface area (Å²) in [6.45, 7) is 4.90. The molecule has 18 heavy (non-hydrogen) atoms. The summed E-state index contributed by atoms with van der Waals surface area (Å²) in [5.41, 5.74) is 1.75. The molecule has 0 bridgehead atoms. The van der Waals surface area contributed by atoms with Crippen molar-refractivity contribution in [2.24, 2.45) is 0 Å². The summed E-state index contributed by atoms with van der Waals surface area (Å²) >= 11 is 7.53. The summed E-state index contributed by atoms with van der Waals surface area (Å²) in [4.78, 5) is 4.49. The molecule has 0 saturated carbocycles. The second-order valence-corrected chi connectivity index (χ2v) is 5.57. The van der Waals surface area contributed by atoms with Crippen LogP contribution in [0.4, 0.5) is 4.39 Å². The van der Waals surface area contributed by atoms with Crippen molar-refractivity contribution in [2.75, 3.05) is 0 Å². The van der Waals surface area contributed by atoms with Crippen LogP contribution < -0.4 is 5.32 Å². The van der Waals surface area contributed by atoms with Crippen LogP contribution in [0.5, 0.6) is 0 Å². The van der Waals surface area contributed by atoms with Crippen molar-refractivity contribution in [3.63, 3.8) is 0 Å². The number of nitrogens with zero attached hydrogens (tertiary/aromatic N) is 1. The molecule has 1 aromatic heterocycles. The number of nitrogens with one attached hydrogen (secondary N) is 1. The minimum atomic E-state index is -0.331. The standard InChI is InChI=1S/C13H14ClFN2S/c1-8(2)16-6-10-7-18-13(17-10)11-4-3-9(15)5-12(11)14/h3-5,7-8,16H,6H2,1-2H3. The Morgan fingerprint density at radius 3 is 2.89 bits per heavy atom. The van der Waals surface area contributed by atoms with E-state index in [1.165, 1.54) is 23.5 Å². The Bertz CT molecular complexity index is 540. The van der Waals surface area contributed by atoms with Gasteiger partial charge in [-0.2, -0.15) is 0 Å². The molecular formula is C13H14ClFN2S. The van der Waals surface area contributed by atoms with E-state index in [0.717, 1.165) is 22.8 Å². The van der Waals surface area contributed by atoms with Gasteiger partial charge in [-0.3, -0.25) is 0 Å². The van der Waals surface area contributed by atoms with Crippen LogP contribution in [0, 0.1) is 5.82 Å². The van der Waals surface area contributed by atoms with Gasteiger partial charge in [0.15, 0.2) is 0 Å². The zero-order chi connectivity index (χ0) is 13.1. The minimum absolute atomic E-state index is 0.331. The van der Waals surface area contributed by atoms with Crippen molar-refractivity contribution >= 4 is 22.9 Å². The number of aromatic nitrogens is 1. The Balaban J connectivity index is 2.18. The second-order valence-electron chi connectivity index (χ2n) is 4.30. The van der Waals surface area contributed by atoms with Gasteiger partial charge in [-0.25, -0.2) is 9.37 Å². The van der Waals surface area contributed by atoms with Gasteiger partial charge in [0, 0.05) is 23.5 Å². The van der Waals surface area contributed by atoms with Crippen LogP contribution in [0.3, 0.4) is 0 Å². The highest BCUT2D eigenvalue weighted by Crippen LogP contribution is 2.30. The van der Waals surface area contributed by atoms with E-state index in [2.05, 4.69) is 24.1 Å². The van der Waals surface area contributed by atoms with E-state index >= 15 is 0 Å². The van der Waals surface area contributed by atoms with Crippen LogP contribution in [0.25, 0.3) is 10.6 Å². The van der Waals surface area contributed by atoms with Gasteiger partial charge in [-0.1, -0.05) is 25.4 Å². The van der Waals surface area contributed by atoms with Crippen LogP contribution in [0.1, 0.15) is 19.5 Å². The number of hydrogen-bond donors (Lipinski definition) is 1. The molecule has 0 unspecified atom stereocenters. The van der Waals surface area contributed by atoms with Crippen molar-refractivity contribution in [2.45, 2.75) is 26.4 Å². The van der Waals surface area contributed by atoms with E-state index in [4.69, 9.17) is 11.6 Å². The SMILES string of the molecule is CC(C)NCc1csc(-c2ccc(F)cc2Cl)n1. The number of benzene rings is 1. The van der Waals surface area contributed by atoms with E-state index in [1.54, 1.807) is 6.07 Å². The maximum atomic E-state index is 13.0. The summed E-state index contributed by atoms with van der Waals surface area (Å²) in [5, 5.41) is 6.51. The minimum Gasteiger partial charge on any atom is -0.309 e. The molecule has 1 aromatic carbocycles. The summed E-state index contributed by atoms with van der Waals surface area (Å²) in [5.74, 6) is -0.331. The van der Waals surface area contributed by atoms with Gasteiger partial charge < -0.3 is 5.32 Å². The molecule has 0 atom stereocenters. The third-order valence-corrected chi connectivity index (χ3v) is 3.64. The molecule has 96 valence electrons. The fourth-order valence-electron chi connectivity index (χ4n) is 1.48. The fourth-order valence-corrected chi connectivity index (χ4v) is 2.65. The van der Waals surface area contributed by atoms with Crippen molar-refractivity contribution in [1.29, 1.82) is 0 Å². The monoisotopic (exact) mass is 284 g/mol. The lowest BCUT2D eigenvalue weighted by Crippen LogP contribution is -2.21. The van der Waals surface area contributed by atoms with E-state index in [0.29, 0.717) is 11.1 Å². The van der Waals surface area contributed by atoms with Crippen LogP contribution in [-0.4, -0.2) is 11.0 Å². The van der Waals surface area contributed by atoms with Crippen LogP contribution in [0.15, 0.2) is 23.6 Å². The first kappa shape index (κ1) is 13.5. The highest BCUT2D eigenvalue weighted by atomic mass is 35.5. The fraction of sp³-hybridized carbons (Fsp3) is 0.308. The molecule has 2 rings (SSSR count). The topological polar surface area (TPSA) is 24.9 Å². The van der Waals surface area contributed by atoms with Crippen LogP contribution >= 0.6 is 22.9 Å².